The summed E-state index contributed by atoms with van der Waals surface area (Å²) < 4.78 is 5.56. The minimum absolute atomic E-state index is 0.650. The molecular formula is C15H24N2O. The molecule has 2 rings (SSSR count). The van der Waals surface area contributed by atoms with Crippen LogP contribution in [0, 0.1) is 6.92 Å². The normalized spacial score (nSPS) is 18.7. The summed E-state index contributed by atoms with van der Waals surface area (Å²) in [6.07, 6.45) is 2.43. The Balaban J connectivity index is 2.40. The van der Waals surface area contributed by atoms with E-state index in [9.17, 15) is 0 Å². The molecule has 0 aromatic heterocycles. The number of methoxy groups -OCH3 is 1. The summed E-state index contributed by atoms with van der Waals surface area (Å²) in [7, 11) is 5.94. The van der Waals surface area contributed by atoms with Crippen molar-refractivity contribution >= 4 is 5.69 Å². The second-order valence-corrected chi connectivity index (χ2v) is 5.20. The SMILES string of the molecule is CNCCC1CCN(C)c2c(OC)cc(C)cc21. The highest BCUT2D eigenvalue weighted by molar-refractivity contribution is 5.67. The van der Waals surface area contributed by atoms with Crippen LogP contribution in [0.3, 0.4) is 0 Å². The number of nitrogens with one attached hydrogen (secondary N) is 1. The fourth-order valence-electron chi connectivity index (χ4n) is 2.88. The average Bonchev–Trinajstić information content (AvgIpc) is 2.37. The molecule has 0 spiro atoms. The molecule has 1 aromatic carbocycles. The van der Waals surface area contributed by atoms with Gasteiger partial charge in [0, 0.05) is 13.6 Å². The fraction of sp³-hybridized carbons (Fsp3) is 0.600. The van der Waals surface area contributed by atoms with Gasteiger partial charge in [-0.2, -0.15) is 0 Å². The van der Waals surface area contributed by atoms with Crippen molar-refractivity contribution in [3.8, 4) is 5.75 Å². The van der Waals surface area contributed by atoms with E-state index in [-0.39, 0.29) is 0 Å². The number of fused-ring (bicyclic) bond motifs is 1. The van der Waals surface area contributed by atoms with Crippen molar-refractivity contribution in [2.24, 2.45) is 0 Å². The highest BCUT2D eigenvalue weighted by Crippen LogP contribution is 2.42. The summed E-state index contributed by atoms with van der Waals surface area (Å²) in [6.45, 7) is 4.33. The number of nitrogens with zero attached hydrogens (tertiary/aromatic N) is 1. The van der Waals surface area contributed by atoms with Crippen LogP contribution in [-0.4, -0.2) is 34.3 Å². The van der Waals surface area contributed by atoms with Crippen molar-refractivity contribution in [2.75, 3.05) is 39.2 Å². The van der Waals surface area contributed by atoms with Gasteiger partial charge in [0.25, 0.3) is 0 Å². The first kappa shape index (κ1) is 13.2. The molecule has 1 N–H and O–H groups in total. The highest BCUT2D eigenvalue weighted by atomic mass is 16.5. The quantitative estimate of drug-likeness (QED) is 0.886. The molecule has 1 aliphatic rings. The number of hydrogen-bond acceptors (Lipinski definition) is 3. The summed E-state index contributed by atoms with van der Waals surface area (Å²) in [5.74, 6) is 1.67. The Bertz CT molecular complexity index is 417. The van der Waals surface area contributed by atoms with Crippen LogP contribution in [0.4, 0.5) is 5.69 Å². The van der Waals surface area contributed by atoms with Crippen LogP contribution in [0.2, 0.25) is 0 Å². The first-order valence-corrected chi connectivity index (χ1v) is 6.71. The Morgan fingerprint density at radius 3 is 2.89 bits per heavy atom. The summed E-state index contributed by atoms with van der Waals surface area (Å²) in [5, 5.41) is 3.26. The number of aryl methyl sites for hydroxylation is 1. The molecule has 18 heavy (non-hydrogen) atoms. The van der Waals surface area contributed by atoms with Gasteiger partial charge >= 0.3 is 0 Å². The van der Waals surface area contributed by atoms with Gasteiger partial charge in [0.1, 0.15) is 5.75 Å². The summed E-state index contributed by atoms with van der Waals surface area (Å²) in [5.41, 5.74) is 4.03. The lowest BCUT2D eigenvalue weighted by molar-refractivity contribution is 0.410. The first-order valence-electron chi connectivity index (χ1n) is 6.71. The van der Waals surface area contributed by atoms with Crippen molar-refractivity contribution in [3.63, 3.8) is 0 Å². The molecular weight excluding hydrogens is 224 g/mol. The van der Waals surface area contributed by atoms with E-state index in [2.05, 4.69) is 36.3 Å². The van der Waals surface area contributed by atoms with Gasteiger partial charge in [0.05, 0.1) is 12.8 Å². The number of ether oxygens (including phenoxy) is 1. The minimum Gasteiger partial charge on any atom is -0.495 e. The second-order valence-electron chi connectivity index (χ2n) is 5.20. The van der Waals surface area contributed by atoms with Crippen LogP contribution >= 0.6 is 0 Å². The standard InChI is InChI=1S/C15H24N2O/c1-11-9-13-12(5-7-16-2)6-8-17(3)15(13)14(10-11)18-4/h9-10,12,16H,5-8H2,1-4H3. The fourth-order valence-corrected chi connectivity index (χ4v) is 2.88. The monoisotopic (exact) mass is 248 g/mol. The Hall–Kier alpha value is -1.22. The maximum atomic E-state index is 5.56. The van der Waals surface area contributed by atoms with E-state index >= 15 is 0 Å². The van der Waals surface area contributed by atoms with Crippen molar-refractivity contribution in [3.05, 3.63) is 23.3 Å². The van der Waals surface area contributed by atoms with Gasteiger partial charge in [-0.3, -0.25) is 0 Å². The molecule has 0 radical (unpaired) electrons. The average molecular weight is 248 g/mol. The number of hydrogen-bond donors (Lipinski definition) is 1. The molecule has 0 fully saturated rings. The summed E-state index contributed by atoms with van der Waals surface area (Å²) in [4.78, 5) is 2.32. The van der Waals surface area contributed by atoms with Crippen LogP contribution in [0.15, 0.2) is 12.1 Å². The van der Waals surface area contributed by atoms with E-state index < -0.39 is 0 Å². The number of rotatable bonds is 4. The maximum Gasteiger partial charge on any atom is 0.142 e. The second kappa shape index (κ2) is 5.61. The third-order valence-electron chi connectivity index (χ3n) is 3.85. The summed E-state index contributed by atoms with van der Waals surface area (Å²) >= 11 is 0. The predicted octanol–water partition coefficient (Wildman–Crippen LogP) is 2.54. The van der Waals surface area contributed by atoms with E-state index in [1.807, 2.05) is 7.05 Å². The van der Waals surface area contributed by atoms with Crippen LogP contribution in [0.25, 0.3) is 0 Å². The molecule has 1 atom stereocenters. The minimum atomic E-state index is 0.650. The van der Waals surface area contributed by atoms with Crippen LogP contribution in [0.5, 0.6) is 5.75 Å². The molecule has 0 saturated carbocycles. The van der Waals surface area contributed by atoms with Gasteiger partial charge in [-0.25, -0.2) is 0 Å². The van der Waals surface area contributed by atoms with E-state index in [1.165, 1.54) is 29.7 Å². The van der Waals surface area contributed by atoms with Crippen molar-refractivity contribution in [1.82, 2.24) is 5.32 Å². The third-order valence-corrected chi connectivity index (χ3v) is 3.85. The molecule has 1 unspecified atom stereocenters. The Morgan fingerprint density at radius 2 is 2.22 bits per heavy atom. The molecule has 3 nitrogen and oxygen atoms in total. The van der Waals surface area contributed by atoms with Crippen molar-refractivity contribution in [1.29, 1.82) is 0 Å². The van der Waals surface area contributed by atoms with Gasteiger partial charge in [-0.15, -0.1) is 0 Å². The largest absolute Gasteiger partial charge is 0.495 e. The van der Waals surface area contributed by atoms with Gasteiger partial charge in [-0.05, 0) is 56.5 Å². The molecule has 100 valence electrons. The van der Waals surface area contributed by atoms with Crippen molar-refractivity contribution in [2.45, 2.75) is 25.7 Å². The first-order chi connectivity index (χ1) is 8.67. The highest BCUT2D eigenvalue weighted by Gasteiger charge is 2.26. The maximum absolute atomic E-state index is 5.56. The lowest BCUT2D eigenvalue weighted by Crippen LogP contribution is -2.29. The predicted molar refractivity (Wildman–Crippen MR) is 76.9 cm³/mol. The molecule has 1 aliphatic heterocycles. The van der Waals surface area contributed by atoms with Gasteiger partial charge < -0.3 is 15.0 Å². The number of benzene rings is 1. The van der Waals surface area contributed by atoms with Gasteiger partial charge in [-0.1, -0.05) is 6.07 Å². The van der Waals surface area contributed by atoms with Gasteiger partial charge in [0.15, 0.2) is 0 Å². The molecule has 0 aliphatic carbocycles. The van der Waals surface area contributed by atoms with Crippen LogP contribution < -0.4 is 15.0 Å². The topological polar surface area (TPSA) is 24.5 Å². The van der Waals surface area contributed by atoms with E-state index in [0.717, 1.165) is 18.8 Å². The molecule has 0 saturated heterocycles. The molecule has 0 bridgehead atoms. The Morgan fingerprint density at radius 1 is 1.44 bits per heavy atom. The molecule has 0 amide bonds. The molecule has 3 heteroatoms. The molecule has 1 aromatic rings. The van der Waals surface area contributed by atoms with Gasteiger partial charge in [0.2, 0.25) is 0 Å². The zero-order chi connectivity index (χ0) is 13.1. The Labute approximate surface area is 110 Å². The Kier molecular flexibility index (Phi) is 4.12. The third kappa shape index (κ3) is 2.46. The zero-order valence-electron chi connectivity index (χ0n) is 11.9. The smallest absolute Gasteiger partial charge is 0.142 e. The van der Waals surface area contributed by atoms with Crippen LogP contribution in [-0.2, 0) is 0 Å². The van der Waals surface area contributed by atoms with Crippen LogP contribution in [0.1, 0.15) is 29.9 Å². The lowest BCUT2D eigenvalue weighted by atomic mass is 9.86. The molecule has 1 heterocycles. The summed E-state index contributed by atoms with van der Waals surface area (Å²) in [6, 6.07) is 4.46. The number of anilines is 1. The van der Waals surface area contributed by atoms with E-state index in [4.69, 9.17) is 4.74 Å². The van der Waals surface area contributed by atoms with E-state index in [0.29, 0.717) is 5.92 Å². The lowest BCUT2D eigenvalue weighted by Gasteiger charge is -2.34. The van der Waals surface area contributed by atoms with Crippen molar-refractivity contribution < 1.29 is 4.74 Å². The zero-order valence-corrected chi connectivity index (χ0v) is 11.9. The van der Waals surface area contributed by atoms with E-state index in [1.54, 1.807) is 7.11 Å².